The molecular weight excluding hydrogens is 957 g/mol. The smallest absolute Gasteiger partial charge is 0.485 e. The molecule has 0 aliphatic heterocycles. The van der Waals surface area contributed by atoms with E-state index < -0.39 is 31.3 Å². The molecule has 3 heterocycles. The fourth-order valence-corrected chi connectivity index (χ4v) is 6.76. The lowest BCUT2D eigenvalue weighted by atomic mass is 10.1. The molecule has 0 saturated carbocycles. The first kappa shape index (κ1) is 49.8. The number of nitrogens with zero attached hydrogens (tertiary/aromatic N) is 5. The van der Waals surface area contributed by atoms with Crippen LogP contribution in [0.2, 0.25) is 0 Å². The number of halogens is 6. The van der Waals surface area contributed by atoms with Crippen molar-refractivity contribution in [2.75, 3.05) is 0 Å². The summed E-state index contributed by atoms with van der Waals surface area (Å²) in [6.07, 6.45) is 4.31. The highest BCUT2D eigenvalue weighted by atomic mass is 32.2. The van der Waals surface area contributed by atoms with E-state index in [1.165, 1.54) is 11.1 Å². The molecule has 3 aromatic heterocycles. The monoisotopic (exact) mass is 991 g/mol. The van der Waals surface area contributed by atoms with E-state index in [9.17, 15) is 26.3 Å². The van der Waals surface area contributed by atoms with Crippen molar-refractivity contribution in [2.45, 2.75) is 24.1 Å². The Bertz CT molecular complexity index is 3400. The van der Waals surface area contributed by atoms with Gasteiger partial charge in [0.25, 0.3) is 12.7 Å². The Morgan fingerprint density at radius 1 is 0.429 bits per heavy atom. The van der Waals surface area contributed by atoms with Crippen molar-refractivity contribution in [1.29, 1.82) is 0 Å². The number of alkyl halides is 6. The number of para-hydroxylation sites is 4. The van der Waals surface area contributed by atoms with Crippen molar-refractivity contribution in [3.63, 3.8) is 0 Å². The number of fused-ring (bicyclic) bond motifs is 2. The van der Waals surface area contributed by atoms with Crippen LogP contribution in [0.5, 0.6) is 0 Å². The minimum atomic E-state index is -6.09. The van der Waals surface area contributed by atoms with Crippen LogP contribution >= 0.6 is 0 Å². The van der Waals surface area contributed by atoms with E-state index in [1.54, 1.807) is 0 Å². The molecule has 9 rings (SSSR count). The van der Waals surface area contributed by atoms with Gasteiger partial charge >= 0.3 is 11.0 Å². The van der Waals surface area contributed by atoms with Gasteiger partial charge in [-0.2, -0.15) is 40.5 Å². The van der Waals surface area contributed by atoms with Crippen LogP contribution in [-0.2, 0) is 33.3 Å². The lowest BCUT2D eigenvalue weighted by molar-refractivity contribution is -0.663. The summed E-state index contributed by atoms with van der Waals surface area (Å²) in [4.78, 5) is 5.24. The molecule has 0 bridgehead atoms. The molecule has 0 fully saturated rings. The normalized spacial score (nSPS) is 11.5. The standard InChI is InChI=1S/C49H35N5.2CHF3O3S/c1-3-12-38(13-4-1)22-24-40-26-30-42(31-27-40)34-51-36-53(46-18-9-7-16-44(46)51)48-20-11-21-49(50-48)54-37-52(45-17-8-10-19-47(45)54)35-43-32-28-41(29-33-43)25-23-39-14-5-2-6-15-39;2*2-1(3,4)8(5,6)7/h1-21,26-33,36-37H,34-35H2;2*(H,5,6,7)/q+2;;/p-2. The second kappa shape index (κ2) is 21.1. The Morgan fingerprint density at radius 2 is 0.729 bits per heavy atom. The summed E-state index contributed by atoms with van der Waals surface area (Å²) in [6.45, 7) is 1.45. The van der Waals surface area contributed by atoms with E-state index in [4.69, 9.17) is 30.9 Å². The predicted molar refractivity (Wildman–Crippen MR) is 246 cm³/mol. The highest BCUT2D eigenvalue weighted by Crippen LogP contribution is 2.23. The first-order valence-electron chi connectivity index (χ1n) is 20.6. The van der Waals surface area contributed by atoms with Crippen LogP contribution in [-0.4, -0.2) is 51.1 Å². The third-order valence-corrected chi connectivity index (χ3v) is 11.2. The van der Waals surface area contributed by atoms with Gasteiger partial charge in [-0.25, -0.2) is 26.0 Å². The van der Waals surface area contributed by atoms with E-state index in [1.807, 2.05) is 60.7 Å². The third-order valence-electron chi connectivity index (χ3n) is 10.1. The van der Waals surface area contributed by atoms with Crippen molar-refractivity contribution < 1.29 is 61.4 Å². The summed E-state index contributed by atoms with van der Waals surface area (Å²) in [7, 11) is -12.2. The number of pyridine rings is 1. The summed E-state index contributed by atoms with van der Waals surface area (Å²) in [5.41, 5.74) is -0.403. The Hall–Kier alpha value is -8.07. The predicted octanol–water partition coefficient (Wildman–Crippen LogP) is 8.54. The fourth-order valence-electron chi connectivity index (χ4n) is 6.76. The maximum atomic E-state index is 10.7. The van der Waals surface area contributed by atoms with Crippen LogP contribution in [0, 0.1) is 23.7 Å². The SMILES string of the molecule is C(#Cc1ccc(C[n+]2cn(-c3cccc(-n4c[n+](Cc5ccc(C#Cc6ccccc6)cc5)c5ccccc54)n3)c3ccccc32)cc1)c1ccccc1.O=S(=O)([O-])C(F)(F)F.O=S(=O)([O-])C(F)(F)F. The molecule has 0 saturated heterocycles. The molecule has 0 radical (unpaired) electrons. The second-order valence-electron chi connectivity index (χ2n) is 15.0. The molecule has 0 N–H and O–H groups in total. The second-order valence-corrected chi connectivity index (χ2v) is 17.7. The lowest BCUT2D eigenvalue weighted by Gasteiger charge is -2.08. The zero-order valence-electron chi connectivity index (χ0n) is 36.1. The highest BCUT2D eigenvalue weighted by Gasteiger charge is 2.37. The first-order chi connectivity index (χ1) is 33.2. The fraction of sp³-hybridized carbons (Fsp3) is 0.0784. The van der Waals surface area contributed by atoms with E-state index >= 15 is 0 Å². The molecule has 0 aliphatic rings. The van der Waals surface area contributed by atoms with Gasteiger partial charge < -0.3 is 9.11 Å². The molecule has 9 aromatic rings. The molecule has 0 amide bonds. The summed E-state index contributed by atoms with van der Waals surface area (Å²) in [5.74, 6) is 14.8. The van der Waals surface area contributed by atoms with Gasteiger partial charge in [-0.05, 0) is 83.9 Å². The molecule has 6 aromatic carbocycles. The highest BCUT2D eigenvalue weighted by molar-refractivity contribution is 7.86. The van der Waals surface area contributed by atoms with Gasteiger partial charge in [-0.3, -0.25) is 0 Å². The van der Waals surface area contributed by atoms with Crippen molar-refractivity contribution >= 4 is 42.3 Å². The molecule has 354 valence electrons. The van der Waals surface area contributed by atoms with Gasteiger partial charge in [0.2, 0.25) is 11.6 Å². The third kappa shape index (κ3) is 12.7. The van der Waals surface area contributed by atoms with E-state index in [2.05, 4.69) is 170 Å². The molecule has 0 atom stereocenters. The molecule has 19 heteroatoms. The van der Waals surface area contributed by atoms with Crippen LogP contribution in [0.15, 0.2) is 189 Å². The summed E-state index contributed by atoms with van der Waals surface area (Å²) < 4.78 is 127. The summed E-state index contributed by atoms with van der Waals surface area (Å²) >= 11 is 0. The van der Waals surface area contributed by atoms with Crippen molar-refractivity contribution in [3.05, 3.63) is 222 Å². The number of imidazole rings is 2. The Balaban J connectivity index is 0.000000390. The summed E-state index contributed by atoms with van der Waals surface area (Å²) in [6, 6.07) is 60.4. The lowest BCUT2D eigenvalue weighted by Crippen LogP contribution is -2.32. The number of hydrogen-bond donors (Lipinski definition) is 0. The van der Waals surface area contributed by atoms with Crippen molar-refractivity contribution in [2.24, 2.45) is 0 Å². The zero-order valence-corrected chi connectivity index (χ0v) is 37.7. The molecule has 0 spiro atoms. The largest absolute Gasteiger partial charge is 0.741 e. The van der Waals surface area contributed by atoms with E-state index in [-0.39, 0.29) is 0 Å². The molecule has 70 heavy (non-hydrogen) atoms. The van der Waals surface area contributed by atoms with Gasteiger partial charge in [0.05, 0.1) is 0 Å². The zero-order chi connectivity index (χ0) is 50.1. The van der Waals surface area contributed by atoms with E-state index in [0.717, 1.165) is 69.0 Å². The van der Waals surface area contributed by atoms with Gasteiger partial charge in [-0.15, -0.1) is 0 Å². The molecule has 0 unspecified atom stereocenters. The van der Waals surface area contributed by atoms with Gasteiger partial charge in [0.15, 0.2) is 42.3 Å². The maximum absolute atomic E-state index is 10.7. The number of benzene rings is 6. The maximum Gasteiger partial charge on any atom is 0.485 e. The number of aromatic nitrogens is 5. The van der Waals surface area contributed by atoms with Crippen LogP contribution < -0.4 is 9.13 Å². The molecule has 0 aliphatic carbocycles. The van der Waals surface area contributed by atoms with Gasteiger partial charge in [0.1, 0.15) is 13.1 Å². The van der Waals surface area contributed by atoms with Gasteiger partial charge in [0, 0.05) is 34.4 Å². The number of hydrogen-bond acceptors (Lipinski definition) is 7. The van der Waals surface area contributed by atoms with Crippen LogP contribution in [0.1, 0.15) is 33.4 Å². The van der Waals surface area contributed by atoms with Gasteiger partial charge in [-0.1, -0.05) is 115 Å². The van der Waals surface area contributed by atoms with Crippen LogP contribution in [0.25, 0.3) is 33.7 Å². The minimum absolute atomic E-state index is 0.725. The van der Waals surface area contributed by atoms with Crippen molar-refractivity contribution in [1.82, 2.24) is 14.1 Å². The Morgan fingerprint density at radius 3 is 1.06 bits per heavy atom. The van der Waals surface area contributed by atoms with Crippen LogP contribution in [0.3, 0.4) is 0 Å². The van der Waals surface area contributed by atoms with Crippen molar-refractivity contribution in [3.8, 4) is 35.3 Å². The number of rotatable bonds is 6. The van der Waals surface area contributed by atoms with Crippen LogP contribution in [0.4, 0.5) is 26.3 Å². The first-order valence-corrected chi connectivity index (χ1v) is 23.4. The molecule has 11 nitrogen and oxygen atoms in total. The minimum Gasteiger partial charge on any atom is -0.741 e. The average molecular weight is 992 g/mol. The van der Waals surface area contributed by atoms with E-state index in [0.29, 0.717) is 0 Å². The molecular formula is C51H35F6N5O6S2. The average Bonchev–Trinajstić information content (AvgIpc) is 3.89. The summed E-state index contributed by atoms with van der Waals surface area (Å²) in [5, 5.41) is 0. The quantitative estimate of drug-likeness (QED) is 0.0534. The Kier molecular flexibility index (Phi) is 15.0. The Labute approximate surface area is 397 Å². The topological polar surface area (TPSA) is 145 Å².